The van der Waals surface area contributed by atoms with Gasteiger partial charge in [-0.25, -0.2) is 19.9 Å². The maximum atomic E-state index is 11.5. The molecule has 0 fully saturated rings. The standard InChI is InChI=1S/C24H11N9O6/c34-31(35)10-1-4-13-16(7-10)22-25-19(13)28-23-17-8-11(32(36)37)2-5-14(17)21(26-23)30-24-18-9-12(33(38)39)3-6-15(18)20(27-24)29-22/h1-9H,(H2,25,26,27,28,29,30). The third-order valence-corrected chi connectivity index (χ3v) is 6.49. The van der Waals surface area contributed by atoms with E-state index in [-0.39, 0.29) is 45.7 Å². The van der Waals surface area contributed by atoms with Gasteiger partial charge in [-0.3, -0.25) is 30.3 Å². The van der Waals surface area contributed by atoms with E-state index in [1.165, 1.54) is 54.6 Å². The van der Waals surface area contributed by atoms with E-state index in [2.05, 4.69) is 29.9 Å². The highest BCUT2D eigenvalue weighted by molar-refractivity contribution is 6.09. The topological polar surface area (TPSA) is 213 Å². The number of hydrogen-bond acceptors (Lipinski definition) is 10. The fraction of sp³-hybridized carbons (Fsp3) is 0. The summed E-state index contributed by atoms with van der Waals surface area (Å²) in [5.41, 5.74) is 1.37. The lowest BCUT2D eigenvalue weighted by Gasteiger charge is -1.98. The summed E-state index contributed by atoms with van der Waals surface area (Å²) in [5.74, 6) is 0.315. The monoisotopic (exact) mass is 521 g/mol. The maximum absolute atomic E-state index is 11.5. The molecule has 0 saturated carbocycles. The molecule has 6 aromatic rings. The largest absolute Gasteiger partial charge is 0.324 e. The van der Waals surface area contributed by atoms with Crippen LogP contribution >= 0.6 is 0 Å². The van der Waals surface area contributed by atoms with Crippen LogP contribution in [0.25, 0.3) is 66.9 Å². The van der Waals surface area contributed by atoms with Crippen LogP contribution in [0.15, 0.2) is 54.6 Å². The van der Waals surface area contributed by atoms with Gasteiger partial charge in [0, 0.05) is 69.1 Å². The van der Waals surface area contributed by atoms with Gasteiger partial charge in [0.05, 0.1) is 14.8 Å². The molecule has 3 aromatic heterocycles. The molecule has 7 rings (SSSR count). The predicted molar refractivity (Wildman–Crippen MR) is 138 cm³/mol. The summed E-state index contributed by atoms with van der Waals surface area (Å²) in [6, 6.07) is 12.6. The molecular weight excluding hydrogens is 510 g/mol. The van der Waals surface area contributed by atoms with Crippen LogP contribution in [0.5, 0.6) is 0 Å². The first-order valence-electron chi connectivity index (χ1n) is 11.3. The van der Waals surface area contributed by atoms with Crippen molar-refractivity contribution in [3.05, 3.63) is 84.9 Å². The second-order valence-corrected chi connectivity index (χ2v) is 8.70. The number of non-ortho nitro benzene ring substituents is 3. The molecule has 0 spiro atoms. The van der Waals surface area contributed by atoms with Crippen LogP contribution < -0.4 is 0 Å². The fourth-order valence-electron chi connectivity index (χ4n) is 4.68. The number of fused-ring (bicyclic) bond motifs is 15. The number of nitrogens with one attached hydrogen (secondary N) is 2. The highest BCUT2D eigenvalue weighted by Gasteiger charge is 2.24. The first-order valence-corrected chi connectivity index (χ1v) is 11.3. The van der Waals surface area contributed by atoms with E-state index in [0.29, 0.717) is 38.3 Å². The van der Waals surface area contributed by atoms with Gasteiger partial charge in [-0.1, -0.05) is 0 Å². The lowest BCUT2D eigenvalue weighted by atomic mass is 10.1. The molecule has 0 unspecified atom stereocenters. The van der Waals surface area contributed by atoms with Gasteiger partial charge in [-0.2, -0.15) is 0 Å². The van der Waals surface area contributed by atoms with Gasteiger partial charge in [-0.15, -0.1) is 0 Å². The van der Waals surface area contributed by atoms with Crippen LogP contribution in [-0.4, -0.2) is 44.7 Å². The van der Waals surface area contributed by atoms with Crippen molar-refractivity contribution >= 4 is 61.2 Å². The Morgan fingerprint density at radius 2 is 0.923 bits per heavy atom. The third-order valence-electron chi connectivity index (χ3n) is 6.49. The Kier molecular flexibility index (Phi) is 4.36. The van der Waals surface area contributed by atoms with Crippen molar-refractivity contribution in [3.63, 3.8) is 0 Å². The van der Waals surface area contributed by atoms with E-state index in [0.717, 1.165) is 0 Å². The van der Waals surface area contributed by atoms with Crippen molar-refractivity contribution in [1.29, 1.82) is 0 Å². The Bertz CT molecular complexity index is 2180. The van der Waals surface area contributed by atoms with Gasteiger partial charge >= 0.3 is 0 Å². The molecule has 15 heteroatoms. The van der Waals surface area contributed by atoms with Crippen molar-refractivity contribution in [2.24, 2.45) is 0 Å². The minimum atomic E-state index is -0.536. The second-order valence-electron chi connectivity index (χ2n) is 8.70. The molecule has 0 amide bonds. The summed E-state index contributed by atoms with van der Waals surface area (Å²) in [5, 5.41) is 36.3. The van der Waals surface area contributed by atoms with Crippen LogP contribution in [0.4, 0.5) is 17.1 Å². The zero-order valence-electron chi connectivity index (χ0n) is 19.3. The van der Waals surface area contributed by atoms with Gasteiger partial charge in [0.1, 0.15) is 22.6 Å². The number of rotatable bonds is 3. The van der Waals surface area contributed by atoms with Crippen LogP contribution in [-0.2, 0) is 0 Å². The molecule has 0 atom stereocenters. The molecule has 1 aliphatic heterocycles. The molecule has 4 heterocycles. The molecule has 3 aromatic carbocycles. The normalized spacial score (nSPS) is 11.7. The number of aromatic nitrogens is 6. The first kappa shape index (κ1) is 22.1. The Labute approximate surface area is 214 Å². The Hall–Kier alpha value is -6.12. The molecule has 0 aliphatic carbocycles. The second kappa shape index (κ2) is 7.69. The average Bonchev–Trinajstić information content (AvgIpc) is 3.55. The molecule has 188 valence electrons. The summed E-state index contributed by atoms with van der Waals surface area (Å²) < 4.78 is 0. The highest BCUT2D eigenvalue weighted by atomic mass is 16.6. The van der Waals surface area contributed by atoms with Crippen molar-refractivity contribution in [2.75, 3.05) is 0 Å². The molecule has 39 heavy (non-hydrogen) atoms. The zero-order valence-corrected chi connectivity index (χ0v) is 19.3. The smallest absolute Gasteiger partial charge is 0.270 e. The molecular formula is C24H11N9O6. The average molecular weight is 521 g/mol. The van der Waals surface area contributed by atoms with E-state index in [4.69, 9.17) is 0 Å². The molecule has 15 nitrogen and oxygen atoms in total. The number of nitro groups is 3. The lowest BCUT2D eigenvalue weighted by molar-refractivity contribution is -0.384. The van der Waals surface area contributed by atoms with Gasteiger partial charge in [0.2, 0.25) is 0 Å². The first-order chi connectivity index (χ1) is 18.8. The van der Waals surface area contributed by atoms with Crippen molar-refractivity contribution < 1.29 is 14.8 Å². The Balaban J connectivity index is 1.70. The van der Waals surface area contributed by atoms with E-state index in [1.807, 2.05) is 0 Å². The molecule has 0 saturated heterocycles. The summed E-state index contributed by atoms with van der Waals surface area (Å²) in [7, 11) is 0. The predicted octanol–water partition coefficient (Wildman–Crippen LogP) is 5.03. The SMILES string of the molecule is O=[N+]([O-])c1ccc2c(c1)-c1nc-2nc2[nH]c(nc3[nH]c(n1)c1ccc([N+](=O)[O-])cc31)c1ccc([N+](=O)[O-])cc21. The van der Waals surface area contributed by atoms with Crippen LogP contribution in [0.2, 0.25) is 0 Å². The summed E-state index contributed by atoms with van der Waals surface area (Å²) in [4.78, 5) is 57.4. The number of aromatic amines is 2. The number of H-pyrrole nitrogens is 2. The zero-order chi connectivity index (χ0) is 27.0. The van der Waals surface area contributed by atoms with Gasteiger partial charge in [-0.05, 0) is 18.2 Å². The van der Waals surface area contributed by atoms with Crippen molar-refractivity contribution in [1.82, 2.24) is 29.9 Å². The molecule has 1 aliphatic rings. The van der Waals surface area contributed by atoms with Gasteiger partial charge in [0.25, 0.3) is 17.1 Å². The number of nitrogens with zero attached hydrogens (tertiary/aromatic N) is 7. The molecule has 2 N–H and O–H groups in total. The minimum Gasteiger partial charge on any atom is -0.324 e. The Morgan fingerprint density at radius 1 is 0.487 bits per heavy atom. The summed E-state index contributed by atoms with van der Waals surface area (Å²) >= 11 is 0. The minimum absolute atomic E-state index is 0.128. The Morgan fingerprint density at radius 3 is 1.49 bits per heavy atom. The van der Waals surface area contributed by atoms with E-state index in [1.54, 1.807) is 0 Å². The molecule has 6 bridgehead atoms. The van der Waals surface area contributed by atoms with Gasteiger partial charge < -0.3 is 9.97 Å². The summed E-state index contributed by atoms with van der Waals surface area (Å²) in [6.45, 7) is 0. The number of nitro benzene ring substituents is 3. The fourth-order valence-corrected chi connectivity index (χ4v) is 4.68. The molecule has 0 radical (unpaired) electrons. The van der Waals surface area contributed by atoms with E-state index < -0.39 is 14.8 Å². The van der Waals surface area contributed by atoms with E-state index in [9.17, 15) is 30.3 Å². The van der Waals surface area contributed by atoms with Crippen molar-refractivity contribution in [2.45, 2.75) is 0 Å². The van der Waals surface area contributed by atoms with Crippen LogP contribution in [0, 0.1) is 30.3 Å². The van der Waals surface area contributed by atoms with Crippen LogP contribution in [0.3, 0.4) is 0 Å². The van der Waals surface area contributed by atoms with Crippen molar-refractivity contribution in [3.8, 4) is 22.8 Å². The van der Waals surface area contributed by atoms with E-state index >= 15 is 0 Å². The van der Waals surface area contributed by atoms with Crippen LogP contribution in [0.1, 0.15) is 0 Å². The third kappa shape index (κ3) is 3.30. The maximum Gasteiger partial charge on any atom is 0.270 e. The lowest BCUT2D eigenvalue weighted by Crippen LogP contribution is -1.89. The number of hydrogen-bond donors (Lipinski definition) is 2. The quantitative estimate of drug-likeness (QED) is 0.233. The van der Waals surface area contributed by atoms with Gasteiger partial charge in [0.15, 0.2) is 11.6 Å². The number of benzene rings is 3. The summed E-state index contributed by atoms with van der Waals surface area (Å²) in [6.07, 6.45) is 0. The highest BCUT2D eigenvalue weighted by Crippen LogP contribution is 2.37.